The number of thiophene rings is 1. The van der Waals surface area contributed by atoms with Crippen LogP contribution in [0.3, 0.4) is 0 Å². The van der Waals surface area contributed by atoms with Crippen molar-refractivity contribution in [1.82, 2.24) is 0 Å². The first-order valence-corrected chi connectivity index (χ1v) is 9.55. The number of unbranched alkanes of at least 4 members (excludes halogenated alkanes) is 3. The fourth-order valence-electron chi connectivity index (χ4n) is 2.30. The third kappa shape index (κ3) is 9.90. The summed E-state index contributed by atoms with van der Waals surface area (Å²) >= 11 is 1.98. The zero-order valence-electron chi connectivity index (χ0n) is 15.4. The van der Waals surface area contributed by atoms with Crippen molar-refractivity contribution in [3.05, 3.63) is 27.0 Å². The third-order valence-electron chi connectivity index (χ3n) is 3.38. The Kier molecular flexibility index (Phi) is 11.7. The van der Waals surface area contributed by atoms with Crippen molar-refractivity contribution in [1.29, 1.82) is 0 Å². The molecule has 0 nitrogen and oxygen atoms in total. The van der Waals surface area contributed by atoms with E-state index in [2.05, 4.69) is 46.8 Å². The zero-order chi connectivity index (χ0) is 16.3. The first-order valence-electron chi connectivity index (χ1n) is 8.73. The average molecular weight is 309 g/mol. The predicted octanol–water partition coefficient (Wildman–Crippen LogP) is 7.65. The normalized spacial score (nSPS) is 10.3. The molecule has 1 heteroatoms. The molecule has 122 valence electrons. The quantitative estimate of drug-likeness (QED) is 0.432. The number of aryl methyl sites for hydroxylation is 2. The van der Waals surface area contributed by atoms with E-state index >= 15 is 0 Å². The van der Waals surface area contributed by atoms with Gasteiger partial charge >= 0.3 is 0 Å². The van der Waals surface area contributed by atoms with E-state index in [0.29, 0.717) is 0 Å². The van der Waals surface area contributed by atoms with E-state index in [0.717, 1.165) is 5.92 Å². The summed E-state index contributed by atoms with van der Waals surface area (Å²) in [7, 11) is 0. The molecule has 0 unspecified atom stereocenters. The second kappa shape index (κ2) is 12.0. The molecule has 1 rings (SSSR count). The molecule has 0 N–H and O–H groups in total. The molecule has 0 saturated heterocycles. The van der Waals surface area contributed by atoms with Gasteiger partial charge in [0.25, 0.3) is 0 Å². The van der Waals surface area contributed by atoms with Crippen molar-refractivity contribution in [3.8, 4) is 0 Å². The Balaban J connectivity index is 0.00000191. The molecule has 0 aliphatic rings. The van der Waals surface area contributed by atoms with Gasteiger partial charge in [0.2, 0.25) is 0 Å². The molecule has 0 radical (unpaired) electrons. The summed E-state index contributed by atoms with van der Waals surface area (Å²) in [4.78, 5) is 3.02. The van der Waals surface area contributed by atoms with Crippen LogP contribution in [0, 0.1) is 12.8 Å². The van der Waals surface area contributed by atoms with Gasteiger partial charge in [-0.05, 0) is 57.2 Å². The van der Waals surface area contributed by atoms with E-state index in [9.17, 15) is 0 Å². The van der Waals surface area contributed by atoms with Gasteiger partial charge < -0.3 is 0 Å². The van der Waals surface area contributed by atoms with Gasteiger partial charge in [0.05, 0.1) is 0 Å². The molecule has 1 aromatic rings. The summed E-state index contributed by atoms with van der Waals surface area (Å²) in [5.74, 6) is 0.867. The van der Waals surface area contributed by atoms with Crippen molar-refractivity contribution in [3.63, 3.8) is 0 Å². The highest BCUT2D eigenvalue weighted by Gasteiger charge is 2.03. The van der Waals surface area contributed by atoms with Gasteiger partial charge in [0.15, 0.2) is 0 Å². The molecular formula is C20H36S. The first kappa shape index (κ1) is 20.4. The second-order valence-electron chi connectivity index (χ2n) is 6.33. The van der Waals surface area contributed by atoms with Crippen LogP contribution in [0.1, 0.15) is 89.0 Å². The van der Waals surface area contributed by atoms with Crippen LogP contribution in [0.5, 0.6) is 0 Å². The van der Waals surface area contributed by atoms with Gasteiger partial charge in [-0.25, -0.2) is 0 Å². The van der Waals surface area contributed by atoms with Crippen LogP contribution in [-0.2, 0) is 6.42 Å². The smallest absolute Gasteiger partial charge is 0.0301 e. The summed E-state index contributed by atoms with van der Waals surface area (Å²) in [5, 5.41) is 0. The minimum atomic E-state index is 0.867. The number of rotatable bonds is 8. The highest BCUT2D eigenvalue weighted by atomic mass is 32.1. The highest BCUT2D eigenvalue weighted by molar-refractivity contribution is 7.13. The van der Waals surface area contributed by atoms with Crippen LogP contribution in [0.2, 0.25) is 0 Å². The SMILES string of the molecule is CC.CC(C)=Cc1sc(CCCCCCC(C)C)cc1C. The molecule has 1 aromatic heterocycles. The molecule has 0 saturated carbocycles. The second-order valence-corrected chi connectivity index (χ2v) is 7.50. The summed E-state index contributed by atoms with van der Waals surface area (Å²) in [6, 6.07) is 2.38. The third-order valence-corrected chi connectivity index (χ3v) is 4.63. The van der Waals surface area contributed by atoms with Gasteiger partial charge in [-0.3, -0.25) is 0 Å². The Labute approximate surface area is 137 Å². The molecule has 0 spiro atoms. The van der Waals surface area contributed by atoms with E-state index in [1.807, 2.05) is 25.2 Å². The van der Waals surface area contributed by atoms with Gasteiger partial charge in [-0.15, -0.1) is 11.3 Å². The van der Waals surface area contributed by atoms with Gasteiger partial charge in [-0.2, -0.15) is 0 Å². The van der Waals surface area contributed by atoms with E-state index < -0.39 is 0 Å². The van der Waals surface area contributed by atoms with Crippen LogP contribution < -0.4 is 0 Å². The summed E-state index contributed by atoms with van der Waals surface area (Å²) < 4.78 is 0. The highest BCUT2D eigenvalue weighted by Crippen LogP contribution is 2.26. The van der Waals surface area contributed by atoms with Crippen LogP contribution >= 0.6 is 11.3 Å². The zero-order valence-corrected chi connectivity index (χ0v) is 16.2. The maximum atomic E-state index is 2.38. The maximum absolute atomic E-state index is 2.38. The van der Waals surface area contributed by atoms with Crippen LogP contribution in [-0.4, -0.2) is 0 Å². The van der Waals surface area contributed by atoms with Crippen LogP contribution in [0.15, 0.2) is 11.6 Å². The maximum Gasteiger partial charge on any atom is 0.0301 e. The van der Waals surface area contributed by atoms with Crippen LogP contribution in [0.4, 0.5) is 0 Å². The van der Waals surface area contributed by atoms with E-state index in [4.69, 9.17) is 0 Å². The molecule has 1 heterocycles. The standard InChI is InChI=1S/C18H30S.C2H6/c1-14(2)10-8-6-7-9-11-17-13-16(5)18(19-17)12-15(3)4;1-2/h12-14H,6-11H2,1-5H3;1-2H3. The molecule has 0 fully saturated rings. The molecule has 0 aliphatic carbocycles. The number of hydrogen-bond donors (Lipinski definition) is 0. The molecule has 0 amide bonds. The lowest BCUT2D eigenvalue weighted by Crippen LogP contribution is -1.88. The lowest BCUT2D eigenvalue weighted by molar-refractivity contribution is 0.520. The topological polar surface area (TPSA) is 0 Å². The van der Waals surface area contributed by atoms with Gasteiger partial charge in [0, 0.05) is 9.75 Å². The Bertz CT molecular complexity index is 392. The first-order chi connectivity index (χ1) is 9.99. The predicted molar refractivity (Wildman–Crippen MR) is 101 cm³/mol. The molecule has 0 aromatic carbocycles. The largest absolute Gasteiger partial charge is 0.141 e. The summed E-state index contributed by atoms with van der Waals surface area (Å²) in [5.41, 5.74) is 2.84. The van der Waals surface area contributed by atoms with Crippen molar-refractivity contribution in [2.24, 2.45) is 5.92 Å². The van der Waals surface area contributed by atoms with Crippen LogP contribution in [0.25, 0.3) is 6.08 Å². The Morgan fingerprint density at radius 2 is 1.71 bits per heavy atom. The Morgan fingerprint density at radius 3 is 2.29 bits per heavy atom. The monoisotopic (exact) mass is 308 g/mol. The van der Waals surface area contributed by atoms with Gasteiger partial charge in [0.1, 0.15) is 0 Å². The number of hydrogen-bond acceptors (Lipinski definition) is 1. The van der Waals surface area contributed by atoms with E-state index in [1.165, 1.54) is 54.5 Å². The Hall–Kier alpha value is -0.560. The molecular weight excluding hydrogens is 272 g/mol. The van der Waals surface area contributed by atoms with Gasteiger partial charge in [-0.1, -0.05) is 59.0 Å². The lowest BCUT2D eigenvalue weighted by Gasteiger charge is -2.03. The summed E-state index contributed by atoms with van der Waals surface area (Å²) in [6.07, 6.45) is 10.5. The van der Waals surface area contributed by atoms with E-state index in [-0.39, 0.29) is 0 Å². The molecule has 21 heavy (non-hydrogen) atoms. The Morgan fingerprint density at radius 1 is 1.10 bits per heavy atom. The van der Waals surface area contributed by atoms with Crippen molar-refractivity contribution >= 4 is 17.4 Å². The van der Waals surface area contributed by atoms with Crippen molar-refractivity contribution < 1.29 is 0 Å². The minimum Gasteiger partial charge on any atom is -0.141 e. The fraction of sp³-hybridized carbons (Fsp3) is 0.700. The van der Waals surface area contributed by atoms with Crippen molar-refractivity contribution in [2.75, 3.05) is 0 Å². The summed E-state index contributed by atoms with van der Waals surface area (Å²) in [6.45, 7) is 15.2. The fourth-order valence-corrected chi connectivity index (χ4v) is 3.58. The minimum absolute atomic E-state index is 0.867. The average Bonchev–Trinajstić information content (AvgIpc) is 2.75. The molecule has 0 atom stereocenters. The molecule has 0 bridgehead atoms. The van der Waals surface area contributed by atoms with E-state index in [1.54, 1.807) is 4.88 Å². The number of allylic oxidation sites excluding steroid dienone is 1. The van der Waals surface area contributed by atoms with Crippen molar-refractivity contribution in [2.45, 2.75) is 87.0 Å². The lowest BCUT2D eigenvalue weighted by atomic mass is 10.0. The molecule has 0 aliphatic heterocycles.